The molecule has 0 aliphatic rings. The smallest absolute Gasteiger partial charge is 0.465 e. The molecule has 1 aromatic heterocycles. The first-order valence-electron chi connectivity index (χ1n) is 9.69. The fourth-order valence-electron chi connectivity index (χ4n) is 3.38. The van der Waals surface area contributed by atoms with E-state index in [1.807, 2.05) is 30.3 Å². The Morgan fingerprint density at radius 3 is 2.21 bits per heavy atom. The normalized spacial score (nSPS) is 11.3. The van der Waals surface area contributed by atoms with Crippen molar-refractivity contribution < 1.29 is 31.9 Å². The van der Waals surface area contributed by atoms with Gasteiger partial charge in [-0.3, -0.25) is 0 Å². The third kappa shape index (κ3) is 5.04. The van der Waals surface area contributed by atoms with Gasteiger partial charge in [-0.25, -0.2) is 4.79 Å². The number of ether oxygens (including phenoxy) is 2. The standard InChI is InChI=1S/C25H16ClF3O4/c1-31-24(30)19-12-11-18(33-25(27,28)29)13-20(19)21-14-22(15-5-3-2-4-6-15)32-23(21)16-7-9-17(26)10-8-16/h2-14H,1H3. The SMILES string of the molecule is COC(=O)c1ccc(OC(F)(F)F)cc1-c1cc(-c2ccccc2)oc1-c1ccc(Cl)cc1. The Labute approximate surface area is 192 Å². The first kappa shape index (κ1) is 22.5. The second-order valence-electron chi connectivity index (χ2n) is 6.97. The molecule has 0 N–H and O–H groups in total. The molecule has 4 nitrogen and oxygen atoms in total. The number of furan rings is 1. The Morgan fingerprint density at radius 1 is 0.879 bits per heavy atom. The highest BCUT2D eigenvalue weighted by atomic mass is 35.5. The van der Waals surface area contributed by atoms with E-state index in [-0.39, 0.29) is 11.1 Å². The van der Waals surface area contributed by atoms with Crippen LogP contribution in [-0.2, 0) is 4.74 Å². The van der Waals surface area contributed by atoms with Crippen molar-refractivity contribution in [1.82, 2.24) is 0 Å². The Bertz CT molecular complexity index is 1280. The number of hydrogen-bond acceptors (Lipinski definition) is 4. The minimum atomic E-state index is -4.89. The fourth-order valence-corrected chi connectivity index (χ4v) is 3.51. The molecule has 1 heterocycles. The Morgan fingerprint density at radius 2 is 1.58 bits per heavy atom. The van der Waals surface area contributed by atoms with Gasteiger partial charge in [0.1, 0.15) is 17.3 Å². The van der Waals surface area contributed by atoms with Crippen molar-refractivity contribution in [3.63, 3.8) is 0 Å². The lowest BCUT2D eigenvalue weighted by Crippen LogP contribution is -2.17. The van der Waals surface area contributed by atoms with Crippen LogP contribution in [0.5, 0.6) is 5.75 Å². The lowest BCUT2D eigenvalue weighted by Gasteiger charge is -2.13. The van der Waals surface area contributed by atoms with Gasteiger partial charge in [0.2, 0.25) is 0 Å². The maximum atomic E-state index is 12.9. The van der Waals surface area contributed by atoms with Gasteiger partial charge in [0, 0.05) is 27.3 Å². The second kappa shape index (κ2) is 9.03. The molecule has 8 heteroatoms. The van der Waals surface area contributed by atoms with Gasteiger partial charge in [-0.15, -0.1) is 13.2 Å². The fraction of sp³-hybridized carbons (Fsp3) is 0.0800. The minimum absolute atomic E-state index is 0.0580. The van der Waals surface area contributed by atoms with E-state index in [0.29, 0.717) is 27.7 Å². The molecule has 4 rings (SSSR count). The zero-order valence-electron chi connectivity index (χ0n) is 17.2. The van der Waals surface area contributed by atoms with Crippen LogP contribution in [0, 0.1) is 0 Å². The first-order valence-corrected chi connectivity index (χ1v) is 10.1. The molecular formula is C25H16ClF3O4. The topological polar surface area (TPSA) is 48.7 Å². The van der Waals surface area contributed by atoms with E-state index < -0.39 is 18.1 Å². The number of hydrogen-bond donors (Lipinski definition) is 0. The van der Waals surface area contributed by atoms with Crippen LogP contribution in [0.15, 0.2) is 83.3 Å². The average molecular weight is 473 g/mol. The second-order valence-corrected chi connectivity index (χ2v) is 7.41. The van der Waals surface area contributed by atoms with Crippen molar-refractivity contribution in [2.45, 2.75) is 6.36 Å². The predicted octanol–water partition coefficient (Wildman–Crippen LogP) is 7.62. The van der Waals surface area contributed by atoms with Gasteiger partial charge in [0.05, 0.1) is 12.7 Å². The molecule has 0 unspecified atom stereocenters. The molecule has 0 spiro atoms. The Kier molecular flexibility index (Phi) is 6.16. The summed E-state index contributed by atoms with van der Waals surface area (Å²) in [6.07, 6.45) is -4.89. The van der Waals surface area contributed by atoms with Crippen molar-refractivity contribution in [1.29, 1.82) is 0 Å². The summed E-state index contributed by atoms with van der Waals surface area (Å²) in [5.41, 5.74) is 1.99. The maximum Gasteiger partial charge on any atom is 0.573 e. The van der Waals surface area contributed by atoms with Crippen LogP contribution in [0.4, 0.5) is 13.2 Å². The summed E-state index contributed by atoms with van der Waals surface area (Å²) in [5, 5.41) is 0.506. The number of benzene rings is 3. The van der Waals surface area contributed by atoms with Crippen molar-refractivity contribution in [3.05, 3.63) is 89.4 Å². The number of carbonyl (C=O) groups is 1. The van der Waals surface area contributed by atoms with E-state index in [9.17, 15) is 18.0 Å². The molecule has 33 heavy (non-hydrogen) atoms. The third-order valence-corrected chi connectivity index (χ3v) is 5.07. The van der Waals surface area contributed by atoms with Gasteiger partial charge in [-0.2, -0.15) is 0 Å². The number of carbonyl (C=O) groups excluding carboxylic acids is 1. The van der Waals surface area contributed by atoms with Crippen LogP contribution < -0.4 is 4.74 Å². The molecule has 168 valence electrons. The summed E-state index contributed by atoms with van der Waals surface area (Å²) in [5.74, 6) is -0.379. The van der Waals surface area contributed by atoms with Crippen molar-refractivity contribution in [3.8, 4) is 39.5 Å². The quantitative estimate of drug-likeness (QED) is 0.280. The predicted molar refractivity (Wildman–Crippen MR) is 118 cm³/mol. The van der Waals surface area contributed by atoms with Crippen LogP contribution in [-0.4, -0.2) is 19.4 Å². The summed E-state index contributed by atoms with van der Waals surface area (Å²) in [6, 6.07) is 21.0. The molecule has 0 atom stereocenters. The molecule has 0 amide bonds. The molecule has 0 aliphatic heterocycles. The molecule has 0 saturated heterocycles. The summed E-state index contributed by atoms with van der Waals surface area (Å²) in [7, 11) is 1.19. The number of methoxy groups -OCH3 is 1. The third-order valence-electron chi connectivity index (χ3n) is 4.82. The minimum Gasteiger partial charge on any atom is -0.465 e. The Hall–Kier alpha value is -3.71. The molecule has 0 aliphatic carbocycles. The van der Waals surface area contributed by atoms with E-state index in [4.69, 9.17) is 20.8 Å². The van der Waals surface area contributed by atoms with E-state index in [1.165, 1.54) is 13.2 Å². The molecule has 3 aromatic carbocycles. The molecule has 0 fully saturated rings. The molecule has 0 saturated carbocycles. The highest BCUT2D eigenvalue weighted by molar-refractivity contribution is 6.30. The van der Waals surface area contributed by atoms with Gasteiger partial charge >= 0.3 is 12.3 Å². The monoisotopic (exact) mass is 472 g/mol. The number of alkyl halides is 3. The lowest BCUT2D eigenvalue weighted by molar-refractivity contribution is -0.274. The maximum absolute atomic E-state index is 12.9. The van der Waals surface area contributed by atoms with Gasteiger partial charge in [0.25, 0.3) is 0 Å². The van der Waals surface area contributed by atoms with Crippen LogP contribution in [0.3, 0.4) is 0 Å². The highest BCUT2D eigenvalue weighted by Crippen LogP contribution is 2.42. The molecular weight excluding hydrogens is 457 g/mol. The van der Waals surface area contributed by atoms with Gasteiger partial charge in [0.15, 0.2) is 0 Å². The lowest BCUT2D eigenvalue weighted by atomic mass is 9.96. The number of esters is 1. The zero-order valence-corrected chi connectivity index (χ0v) is 17.9. The van der Waals surface area contributed by atoms with Crippen LogP contribution in [0.2, 0.25) is 5.02 Å². The summed E-state index contributed by atoms with van der Waals surface area (Å²) >= 11 is 6.01. The highest BCUT2D eigenvalue weighted by Gasteiger charge is 2.32. The van der Waals surface area contributed by atoms with Gasteiger partial charge in [-0.1, -0.05) is 41.9 Å². The van der Waals surface area contributed by atoms with Crippen molar-refractivity contribution in [2.75, 3.05) is 7.11 Å². The van der Waals surface area contributed by atoms with E-state index in [2.05, 4.69) is 4.74 Å². The van der Waals surface area contributed by atoms with Crippen LogP contribution in [0.1, 0.15) is 10.4 Å². The molecule has 0 bridgehead atoms. The summed E-state index contributed by atoms with van der Waals surface area (Å²) in [6.45, 7) is 0. The zero-order chi connectivity index (χ0) is 23.6. The van der Waals surface area contributed by atoms with Crippen LogP contribution >= 0.6 is 11.6 Å². The largest absolute Gasteiger partial charge is 0.573 e. The first-order chi connectivity index (χ1) is 15.7. The van der Waals surface area contributed by atoms with E-state index >= 15 is 0 Å². The molecule has 0 radical (unpaired) electrons. The van der Waals surface area contributed by atoms with Crippen molar-refractivity contribution >= 4 is 17.6 Å². The molecule has 4 aromatic rings. The van der Waals surface area contributed by atoms with E-state index in [1.54, 1.807) is 30.3 Å². The van der Waals surface area contributed by atoms with Gasteiger partial charge < -0.3 is 13.9 Å². The average Bonchev–Trinajstić information content (AvgIpc) is 3.24. The number of halogens is 4. The number of rotatable bonds is 5. The van der Waals surface area contributed by atoms with E-state index in [0.717, 1.165) is 17.7 Å². The van der Waals surface area contributed by atoms with Crippen molar-refractivity contribution in [2.24, 2.45) is 0 Å². The Balaban J connectivity index is 1.96. The van der Waals surface area contributed by atoms with Gasteiger partial charge in [-0.05, 0) is 48.5 Å². The van der Waals surface area contributed by atoms with Crippen LogP contribution in [0.25, 0.3) is 33.8 Å². The summed E-state index contributed by atoms with van der Waals surface area (Å²) in [4.78, 5) is 12.4. The summed E-state index contributed by atoms with van der Waals surface area (Å²) < 4.78 is 53.6.